The SMILES string of the molecule is C/C=C(Cl)\C=C(/CCC)NCCc1ccc(O)cc1.C=C(C)c1csc2ccccc12. The van der Waals surface area contributed by atoms with Crippen LogP contribution in [-0.2, 0) is 6.42 Å². The summed E-state index contributed by atoms with van der Waals surface area (Å²) in [5.74, 6) is 0.308. The van der Waals surface area contributed by atoms with Gasteiger partial charge in [0.2, 0.25) is 0 Å². The van der Waals surface area contributed by atoms with Crippen molar-refractivity contribution in [2.75, 3.05) is 6.54 Å². The summed E-state index contributed by atoms with van der Waals surface area (Å²) in [5, 5.41) is 16.9. The van der Waals surface area contributed by atoms with E-state index in [1.165, 1.54) is 26.9 Å². The van der Waals surface area contributed by atoms with Crippen LogP contribution >= 0.6 is 22.9 Å². The Balaban J connectivity index is 0.000000242. The van der Waals surface area contributed by atoms with Gasteiger partial charge >= 0.3 is 0 Å². The van der Waals surface area contributed by atoms with Crippen LogP contribution in [0.3, 0.4) is 0 Å². The summed E-state index contributed by atoms with van der Waals surface area (Å²) in [5.41, 5.74) is 4.81. The van der Waals surface area contributed by atoms with E-state index in [1.807, 2.05) is 31.2 Å². The summed E-state index contributed by atoms with van der Waals surface area (Å²) in [6.45, 7) is 11.0. The first-order valence-electron chi connectivity index (χ1n) is 10.6. The molecule has 0 unspecified atom stereocenters. The Bertz CT molecular complexity index is 1030. The molecular formula is C27H32ClNOS. The van der Waals surface area contributed by atoms with Crippen molar-refractivity contribution in [1.29, 1.82) is 0 Å². The summed E-state index contributed by atoms with van der Waals surface area (Å²) in [6, 6.07) is 15.8. The summed E-state index contributed by atoms with van der Waals surface area (Å²) in [7, 11) is 0. The number of fused-ring (bicyclic) bond motifs is 1. The molecule has 0 radical (unpaired) electrons. The highest BCUT2D eigenvalue weighted by Crippen LogP contribution is 2.29. The number of hydrogen-bond acceptors (Lipinski definition) is 3. The van der Waals surface area contributed by atoms with Crippen LogP contribution in [0.4, 0.5) is 0 Å². The van der Waals surface area contributed by atoms with E-state index in [-0.39, 0.29) is 0 Å². The quantitative estimate of drug-likeness (QED) is 0.336. The van der Waals surface area contributed by atoms with Crippen LogP contribution in [0.15, 0.2) is 83.4 Å². The predicted molar refractivity (Wildman–Crippen MR) is 139 cm³/mol. The maximum Gasteiger partial charge on any atom is 0.115 e. The third kappa shape index (κ3) is 8.28. The van der Waals surface area contributed by atoms with Crippen molar-refractivity contribution >= 4 is 38.6 Å². The van der Waals surface area contributed by atoms with Crippen molar-refractivity contribution in [2.45, 2.75) is 40.0 Å². The van der Waals surface area contributed by atoms with Crippen molar-refractivity contribution in [3.8, 4) is 5.75 Å². The molecule has 0 aliphatic rings. The Morgan fingerprint density at radius 1 is 1.16 bits per heavy atom. The molecule has 0 aliphatic heterocycles. The number of phenols is 1. The average Bonchev–Trinajstić information content (AvgIpc) is 3.20. The molecule has 0 fully saturated rings. The Morgan fingerprint density at radius 2 is 1.87 bits per heavy atom. The van der Waals surface area contributed by atoms with Gasteiger partial charge in [0.05, 0.1) is 0 Å². The summed E-state index contributed by atoms with van der Waals surface area (Å²) >= 11 is 7.81. The molecule has 2 N–H and O–H groups in total. The second-order valence-corrected chi connectivity index (χ2v) is 8.71. The van der Waals surface area contributed by atoms with Gasteiger partial charge in [-0.3, -0.25) is 0 Å². The van der Waals surface area contributed by atoms with Crippen molar-refractivity contribution in [3.05, 3.63) is 94.5 Å². The molecule has 0 amide bonds. The predicted octanol–water partition coefficient (Wildman–Crippen LogP) is 8.29. The lowest BCUT2D eigenvalue weighted by Crippen LogP contribution is -2.16. The molecule has 2 aromatic carbocycles. The fourth-order valence-electron chi connectivity index (χ4n) is 3.07. The van der Waals surface area contributed by atoms with Crippen LogP contribution in [-0.4, -0.2) is 11.7 Å². The third-order valence-electron chi connectivity index (χ3n) is 4.75. The number of benzene rings is 2. The van der Waals surface area contributed by atoms with Crippen LogP contribution in [0.2, 0.25) is 0 Å². The Kier molecular flexibility index (Phi) is 10.4. The molecule has 31 heavy (non-hydrogen) atoms. The first-order chi connectivity index (χ1) is 14.9. The highest BCUT2D eigenvalue weighted by Gasteiger charge is 2.02. The van der Waals surface area contributed by atoms with E-state index in [0.29, 0.717) is 5.75 Å². The number of allylic oxidation sites excluding steroid dienone is 5. The molecule has 0 saturated heterocycles. The van der Waals surface area contributed by atoms with Crippen molar-refractivity contribution in [2.24, 2.45) is 0 Å². The summed E-state index contributed by atoms with van der Waals surface area (Å²) in [6.07, 6.45) is 6.89. The second kappa shape index (κ2) is 13.0. The maximum atomic E-state index is 9.22. The van der Waals surface area contributed by atoms with Crippen LogP contribution in [0.5, 0.6) is 5.75 Å². The fourth-order valence-corrected chi connectivity index (χ4v) is 4.24. The van der Waals surface area contributed by atoms with Gasteiger partial charge < -0.3 is 10.4 Å². The van der Waals surface area contributed by atoms with Crippen LogP contribution in [0.25, 0.3) is 15.7 Å². The van der Waals surface area contributed by atoms with E-state index in [9.17, 15) is 5.11 Å². The zero-order valence-corrected chi connectivity index (χ0v) is 20.2. The van der Waals surface area contributed by atoms with Gasteiger partial charge in [-0.1, -0.05) is 67.9 Å². The summed E-state index contributed by atoms with van der Waals surface area (Å²) < 4.78 is 1.34. The topological polar surface area (TPSA) is 32.3 Å². The van der Waals surface area contributed by atoms with Gasteiger partial charge in [0, 0.05) is 22.0 Å². The van der Waals surface area contributed by atoms with Crippen LogP contribution in [0.1, 0.15) is 44.7 Å². The molecule has 3 aromatic rings. The highest BCUT2D eigenvalue weighted by molar-refractivity contribution is 7.17. The molecule has 0 atom stereocenters. The first kappa shape index (κ1) is 24.8. The van der Waals surface area contributed by atoms with E-state index in [4.69, 9.17) is 11.6 Å². The smallest absolute Gasteiger partial charge is 0.115 e. The number of aromatic hydroxyl groups is 1. The second-order valence-electron chi connectivity index (χ2n) is 7.36. The van der Waals surface area contributed by atoms with Crippen molar-refractivity contribution in [3.63, 3.8) is 0 Å². The Morgan fingerprint density at radius 3 is 2.52 bits per heavy atom. The van der Waals surface area contributed by atoms with Gasteiger partial charge in [0.15, 0.2) is 0 Å². The fraction of sp³-hybridized carbons (Fsp3) is 0.259. The highest BCUT2D eigenvalue weighted by atomic mass is 35.5. The lowest BCUT2D eigenvalue weighted by Gasteiger charge is -2.10. The minimum atomic E-state index is 0.308. The standard InChI is InChI=1S/C16H22ClNO.C11H10S/c1-3-5-15(12-14(17)4-2)18-11-10-13-6-8-16(19)9-7-13;1-8(2)10-7-12-11-6-4-3-5-9(10)11/h4,6-9,12,18-19H,3,5,10-11H2,1-2H3;3-7H,1H2,2H3/b14-4+,15-12+;. The van der Waals surface area contributed by atoms with Gasteiger partial charge in [-0.15, -0.1) is 11.3 Å². The summed E-state index contributed by atoms with van der Waals surface area (Å²) in [4.78, 5) is 0. The minimum absolute atomic E-state index is 0.308. The van der Waals surface area contributed by atoms with Gasteiger partial charge in [0.1, 0.15) is 5.75 Å². The third-order valence-corrected chi connectivity index (χ3v) is 6.04. The van der Waals surface area contributed by atoms with Gasteiger partial charge in [0.25, 0.3) is 0 Å². The van der Waals surface area contributed by atoms with E-state index in [1.54, 1.807) is 23.5 Å². The van der Waals surface area contributed by atoms with Crippen LogP contribution in [0, 0.1) is 0 Å². The number of thiophene rings is 1. The monoisotopic (exact) mass is 453 g/mol. The molecule has 1 aromatic heterocycles. The molecule has 0 spiro atoms. The zero-order valence-electron chi connectivity index (χ0n) is 18.6. The number of hydrogen-bond donors (Lipinski definition) is 2. The normalized spacial score (nSPS) is 11.7. The molecule has 0 aliphatic carbocycles. The van der Waals surface area contributed by atoms with Gasteiger partial charge in [-0.25, -0.2) is 0 Å². The Labute approximate surface area is 195 Å². The maximum absolute atomic E-state index is 9.22. The van der Waals surface area contributed by atoms with E-state index in [0.717, 1.165) is 36.4 Å². The van der Waals surface area contributed by atoms with Crippen LogP contribution < -0.4 is 5.32 Å². The molecule has 0 saturated carbocycles. The number of rotatable bonds is 8. The van der Waals surface area contributed by atoms with E-state index >= 15 is 0 Å². The van der Waals surface area contributed by atoms with Crippen molar-refractivity contribution in [1.82, 2.24) is 5.32 Å². The number of phenolic OH excluding ortho intramolecular Hbond substituents is 1. The molecule has 0 bridgehead atoms. The molecule has 1 heterocycles. The van der Waals surface area contributed by atoms with Gasteiger partial charge in [-0.05, 0) is 78.4 Å². The average molecular weight is 454 g/mol. The van der Waals surface area contributed by atoms with Crippen molar-refractivity contribution < 1.29 is 5.11 Å². The van der Waals surface area contributed by atoms with E-state index < -0.39 is 0 Å². The largest absolute Gasteiger partial charge is 0.508 e. The molecule has 2 nitrogen and oxygen atoms in total. The van der Waals surface area contributed by atoms with Gasteiger partial charge in [-0.2, -0.15) is 0 Å². The number of nitrogens with one attached hydrogen (secondary N) is 1. The molecular weight excluding hydrogens is 422 g/mol. The minimum Gasteiger partial charge on any atom is -0.508 e. The lowest BCUT2D eigenvalue weighted by molar-refractivity contribution is 0.475. The first-order valence-corrected chi connectivity index (χ1v) is 11.9. The van der Waals surface area contributed by atoms with E-state index in [2.05, 4.69) is 55.4 Å². The Hall–Kier alpha value is -2.49. The molecule has 164 valence electrons. The number of halogens is 1. The lowest BCUT2D eigenvalue weighted by atomic mass is 10.1. The molecule has 3 rings (SSSR count). The molecule has 4 heteroatoms. The zero-order chi connectivity index (χ0) is 22.6.